The fourth-order valence-electron chi connectivity index (χ4n) is 3.18. The average Bonchev–Trinajstić information content (AvgIpc) is 2.73. The number of nitrogens with two attached hydrogens (primary N) is 2. The number of hydrogen-bond acceptors (Lipinski definition) is 5. The molecule has 8 heteroatoms. The van der Waals surface area contributed by atoms with Crippen LogP contribution in [-0.2, 0) is 6.18 Å². The molecule has 0 fully saturated rings. The predicted octanol–water partition coefficient (Wildman–Crippen LogP) is 5.74. The lowest BCUT2D eigenvalue weighted by Gasteiger charge is -2.12. The Morgan fingerprint density at radius 3 is 2.32 bits per heavy atom. The van der Waals surface area contributed by atoms with Crippen molar-refractivity contribution in [2.75, 3.05) is 11.5 Å². The van der Waals surface area contributed by atoms with Gasteiger partial charge in [0.1, 0.15) is 17.1 Å². The van der Waals surface area contributed by atoms with Gasteiger partial charge in [-0.3, -0.25) is 4.79 Å². The maximum Gasteiger partial charge on any atom is 0.416 e. The zero-order chi connectivity index (χ0) is 22.3. The van der Waals surface area contributed by atoms with Gasteiger partial charge in [0, 0.05) is 22.9 Å². The van der Waals surface area contributed by atoms with E-state index in [9.17, 15) is 18.0 Å². The van der Waals surface area contributed by atoms with Gasteiger partial charge in [-0.15, -0.1) is 0 Å². The third kappa shape index (κ3) is 3.92. The highest BCUT2D eigenvalue weighted by molar-refractivity contribution is 5.82. The second-order valence-corrected chi connectivity index (χ2v) is 7.02. The molecule has 0 aliphatic rings. The largest absolute Gasteiger partial charge is 0.456 e. The van der Waals surface area contributed by atoms with Crippen molar-refractivity contribution >= 4 is 22.3 Å². The van der Waals surface area contributed by atoms with Crippen LogP contribution in [0.1, 0.15) is 11.1 Å². The minimum atomic E-state index is -4.44. The summed E-state index contributed by atoms with van der Waals surface area (Å²) in [7, 11) is 0. The average molecular weight is 426 g/mol. The monoisotopic (exact) mass is 426 g/mol. The third-order valence-corrected chi connectivity index (χ3v) is 4.83. The van der Waals surface area contributed by atoms with Crippen LogP contribution in [-0.4, -0.2) is 0 Å². The van der Waals surface area contributed by atoms with E-state index in [2.05, 4.69) is 0 Å². The molecule has 158 valence electrons. The van der Waals surface area contributed by atoms with Crippen molar-refractivity contribution in [3.63, 3.8) is 0 Å². The van der Waals surface area contributed by atoms with Gasteiger partial charge in [-0.1, -0.05) is 12.1 Å². The fourth-order valence-corrected chi connectivity index (χ4v) is 3.18. The van der Waals surface area contributed by atoms with E-state index in [0.29, 0.717) is 28.4 Å². The number of hydrogen-bond donors (Lipinski definition) is 2. The van der Waals surface area contributed by atoms with Crippen LogP contribution in [0.4, 0.5) is 24.5 Å². The predicted molar refractivity (Wildman–Crippen MR) is 113 cm³/mol. The van der Waals surface area contributed by atoms with Gasteiger partial charge >= 0.3 is 6.18 Å². The molecular formula is C23H17F3N2O3. The number of anilines is 2. The van der Waals surface area contributed by atoms with Gasteiger partial charge in [-0.25, -0.2) is 0 Å². The first kappa shape index (κ1) is 20.3. The van der Waals surface area contributed by atoms with E-state index in [4.69, 9.17) is 20.6 Å². The van der Waals surface area contributed by atoms with Gasteiger partial charge in [-0.2, -0.15) is 13.2 Å². The van der Waals surface area contributed by atoms with Crippen LogP contribution in [0.15, 0.2) is 69.9 Å². The molecule has 3 aromatic carbocycles. The summed E-state index contributed by atoms with van der Waals surface area (Å²) in [4.78, 5) is 12.9. The van der Waals surface area contributed by atoms with E-state index in [0.717, 1.165) is 12.1 Å². The highest BCUT2D eigenvalue weighted by atomic mass is 19.4. The van der Waals surface area contributed by atoms with Crippen molar-refractivity contribution in [1.29, 1.82) is 0 Å². The summed E-state index contributed by atoms with van der Waals surface area (Å²) in [5, 5.41) is 0.271. The summed E-state index contributed by atoms with van der Waals surface area (Å²) in [5.74, 6) is 0.917. The number of ether oxygens (including phenoxy) is 1. The van der Waals surface area contributed by atoms with Crippen LogP contribution < -0.4 is 21.6 Å². The maximum atomic E-state index is 12.9. The number of rotatable bonds is 3. The van der Waals surface area contributed by atoms with Crippen LogP contribution in [0.5, 0.6) is 11.5 Å². The molecule has 0 atom stereocenters. The van der Waals surface area contributed by atoms with Crippen LogP contribution >= 0.6 is 0 Å². The second kappa shape index (κ2) is 7.39. The Balaban J connectivity index is 1.75. The molecular weight excluding hydrogens is 409 g/mol. The van der Waals surface area contributed by atoms with E-state index in [1.165, 1.54) is 18.2 Å². The van der Waals surface area contributed by atoms with Crippen molar-refractivity contribution in [1.82, 2.24) is 0 Å². The molecule has 0 aliphatic heterocycles. The smallest absolute Gasteiger partial charge is 0.416 e. The Morgan fingerprint density at radius 2 is 1.65 bits per heavy atom. The van der Waals surface area contributed by atoms with Gasteiger partial charge in [0.25, 0.3) is 0 Å². The summed E-state index contributed by atoms with van der Waals surface area (Å²) in [5.41, 5.74) is 12.3. The van der Waals surface area contributed by atoms with E-state index in [1.54, 1.807) is 37.3 Å². The lowest BCUT2D eigenvalue weighted by Crippen LogP contribution is -2.08. The molecule has 0 saturated heterocycles. The van der Waals surface area contributed by atoms with Crippen molar-refractivity contribution in [3.8, 4) is 22.8 Å². The van der Waals surface area contributed by atoms with Crippen molar-refractivity contribution in [3.05, 3.63) is 82.0 Å². The highest BCUT2D eigenvalue weighted by Crippen LogP contribution is 2.34. The van der Waals surface area contributed by atoms with E-state index in [1.807, 2.05) is 0 Å². The molecule has 1 aromatic heterocycles. The first-order valence-electron chi connectivity index (χ1n) is 9.21. The molecule has 0 saturated carbocycles. The number of nitrogen functional groups attached to an aromatic ring is 2. The highest BCUT2D eigenvalue weighted by Gasteiger charge is 2.30. The van der Waals surface area contributed by atoms with Crippen LogP contribution in [0.3, 0.4) is 0 Å². The quantitative estimate of drug-likeness (QED) is 0.408. The zero-order valence-electron chi connectivity index (χ0n) is 16.3. The van der Waals surface area contributed by atoms with Crippen molar-refractivity contribution in [2.45, 2.75) is 13.1 Å². The maximum absolute atomic E-state index is 12.9. The zero-order valence-corrected chi connectivity index (χ0v) is 16.3. The molecule has 0 amide bonds. The van der Waals surface area contributed by atoms with Crippen LogP contribution in [0, 0.1) is 6.92 Å². The standard InChI is InChI=1S/C23H17F3N2O3/c1-12-21(29)17-11-16(30-20-10-15(27)6-8-18(20)28)7-9-19(17)31-22(12)13-2-4-14(5-3-13)23(24,25)26/h2-11H,27-28H2,1H3. The molecule has 4 aromatic rings. The molecule has 0 radical (unpaired) electrons. The number of halogens is 3. The van der Waals surface area contributed by atoms with Gasteiger partial charge < -0.3 is 20.6 Å². The van der Waals surface area contributed by atoms with E-state index in [-0.39, 0.29) is 27.7 Å². The molecule has 0 unspecified atom stereocenters. The Labute approximate surface area is 174 Å². The van der Waals surface area contributed by atoms with E-state index < -0.39 is 11.7 Å². The number of fused-ring (bicyclic) bond motifs is 1. The minimum Gasteiger partial charge on any atom is -0.456 e. The Morgan fingerprint density at radius 1 is 0.935 bits per heavy atom. The SMILES string of the molecule is Cc1c(-c2ccc(C(F)(F)F)cc2)oc2ccc(Oc3cc(N)ccc3N)cc2c1=O. The summed E-state index contributed by atoms with van der Waals surface area (Å²) < 4.78 is 50.1. The molecule has 4 rings (SSSR count). The Hall–Kier alpha value is -3.94. The van der Waals surface area contributed by atoms with Crippen molar-refractivity contribution < 1.29 is 22.3 Å². The topological polar surface area (TPSA) is 91.5 Å². The number of alkyl halides is 3. The number of benzene rings is 3. The van der Waals surface area contributed by atoms with E-state index >= 15 is 0 Å². The lowest BCUT2D eigenvalue weighted by atomic mass is 10.0. The van der Waals surface area contributed by atoms with Gasteiger partial charge in [0.2, 0.25) is 0 Å². The van der Waals surface area contributed by atoms with Crippen molar-refractivity contribution in [2.24, 2.45) is 0 Å². The summed E-state index contributed by atoms with van der Waals surface area (Å²) in [6, 6.07) is 14.0. The summed E-state index contributed by atoms with van der Waals surface area (Å²) in [6.07, 6.45) is -4.44. The van der Waals surface area contributed by atoms with Gasteiger partial charge in [0.15, 0.2) is 11.2 Å². The summed E-state index contributed by atoms with van der Waals surface area (Å²) in [6.45, 7) is 1.56. The second-order valence-electron chi connectivity index (χ2n) is 7.02. The first-order chi connectivity index (χ1) is 14.6. The van der Waals surface area contributed by atoms with Crippen LogP contribution in [0.2, 0.25) is 0 Å². The molecule has 0 aliphatic carbocycles. The Bertz CT molecular complexity index is 1340. The Kier molecular flexibility index (Phi) is 4.85. The normalized spacial score (nSPS) is 11.6. The minimum absolute atomic E-state index is 0.208. The molecule has 4 N–H and O–H groups in total. The molecule has 31 heavy (non-hydrogen) atoms. The molecule has 0 spiro atoms. The molecule has 5 nitrogen and oxygen atoms in total. The molecule has 1 heterocycles. The van der Waals surface area contributed by atoms with Gasteiger partial charge in [0.05, 0.1) is 16.6 Å². The first-order valence-corrected chi connectivity index (χ1v) is 9.21. The summed E-state index contributed by atoms with van der Waals surface area (Å²) >= 11 is 0. The molecule has 0 bridgehead atoms. The fraction of sp³-hybridized carbons (Fsp3) is 0.0870. The third-order valence-electron chi connectivity index (χ3n) is 4.83. The van der Waals surface area contributed by atoms with Crippen LogP contribution in [0.25, 0.3) is 22.3 Å². The lowest BCUT2D eigenvalue weighted by molar-refractivity contribution is -0.137. The van der Waals surface area contributed by atoms with Gasteiger partial charge in [-0.05, 0) is 49.4 Å².